The second-order valence-corrected chi connectivity index (χ2v) is 7.10. The van der Waals surface area contributed by atoms with Crippen LogP contribution in [0.3, 0.4) is 0 Å². The van der Waals surface area contributed by atoms with Crippen LogP contribution in [0.5, 0.6) is 0 Å². The SMILES string of the molecule is O=C(O)/C=C/C(=O)Nc1ccc(C2CC(c3ccccc3)=NN2c2ccccc2)cc1. The molecule has 1 heterocycles. The van der Waals surface area contributed by atoms with Crippen molar-refractivity contribution in [3.8, 4) is 0 Å². The zero-order valence-electron chi connectivity index (χ0n) is 16.7. The summed E-state index contributed by atoms with van der Waals surface area (Å²) >= 11 is 0. The highest BCUT2D eigenvalue weighted by molar-refractivity contribution is 6.03. The Bertz CT molecular complexity index is 1120. The number of rotatable bonds is 6. The van der Waals surface area contributed by atoms with Gasteiger partial charge in [-0.15, -0.1) is 0 Å². The number of amides is 1. The number of carboxylic acid groups (broad SMARTS) is 1. The molecule has 1 atom stereocenters. The van der Waals surface area contributed by atoms with Crippen molar-refractivity contribution in [1.29, 1.82) is 0 Å². The Hall–Kier alpha value is -4.19. The van der Waals surface area contributed by atoms with Crippen LogP contribution in [-0.2, 0) is 9.59 Å². The number of anilines is 2. The largest absolute Gasteiger partial charge is 0.478 e. The average Bonchev–Trinajstić information content (AvgIpc) is 3.25. The topological polar surface area (TPSA) is 82.0 Å². The molecule has 1 aliphatic heterocycles. The molecule has 0 fully saturated rings. The van der Waals surface area contributed by atoms with Crippen molar-refractivity contribution in [1.82, 2.24) is 0 Å². The predicted octanol–water partition coefficient (Wildman–Crippen LogP) is 4.62. The van der Waals surface area contributed by atoms with Crippen molar-refractivity contribution < 1.29 is 14.7 Å². The van der Waals surface area contributed by atoms with Crippen LogP contribution in [0.4, 0.5) is 11.4 Å². The molecular weight excluding hydrogens is 390 g/mol. The first-order valence-corrected chi connectivity index (χ1v) is 9.89. The summed E-state index contributed by atoms with van der Waals surface area (Å²) in [5.74, 6) is -1.65. The molecule has 0 aliphatic carbocycles. The zero-order valence-corrected chi connectivity index (χ0v) is 16.7. The van der Waals surface area contributed by atoms with Crippen LogP contribution in [-0.4, -0.2) is 22.7 Å². The first-order valence-electron chi connectivity index (χ1n) is 9.89. The lowest BCUT2D eigenvalue weighted by atomic mass is 9.98. The maximum absolute atomic E-state index is 11.8. The number of hydrogen-bond donors (Lipinski definition) is 2. The fourth-order valence-electron chi connectivity index (χ4n) is 3.51. The summed E-state index contributed by atoms with van der Waals surface area (Å²) in [5, 5.41) is 18.2. The molecule has 31 heavy (non-hydrogen) atoms. The Kier molecular flexibility index (Phi) is 5.89. The quantitative estimate of drug-likeness (QED) is 0.580. The van der Waals surface area contributed by atoms with Crippen molar-refractivity contribution in [3.05, 3.63) is 108 Å². The Morgan fingerprint density at radius 2 is 1.55 bits per heavy atom. The highest BCUT2D eigenvalue weighted by Crippen LogP contribution is 2.36. The van der Waals surface area contributed by atoms with Gasteiger partial charge >= 0.3 is 5.97 Å². The molecule has 0 bridgehead atoms. The van der Waals surface area contributed by atoms with Gasteiger partial charge in [0.2, 0.25) is 5.91 Å². The molecule has 6 heteroatoms. The van der Waals surface area contributed by atoms with Crippen molar-refractivity contribution in [3.63, 3.8) is 0 Å². The molecule has 2 N–H and O–H groups in total. The van der Waals surface area contributed by atoms with E-state index in [1.54, 1.807) is 0 Å². The number of hydrazone groups is 1. The Morgan fingerprint density at radius 3 is 2.19 bits per heavy atom. The summed E-state index contributed by atoms with van der Waals surface area (Å²) < 4.78 is 0. The molecular formula is C25H21N3O3. The zero-order chi connectivity index (χ0) is 21.6. The van der Waals surface area contributed by atoms with Crippen LogP contribution in [0.15, 0.2) is 102 Å². The van der Waals surface area contributed by atoms with Gasteiger partial charge in [-0.25, -0.2) is 4.79 Å². The third-order valence-electron chi connectivity index (χ3n) is 4.98. The number of hydrogen-bond acceptors (Lipinski definition) is 4. The van der Waals surface area contributed by atoms with Crippen LogP contribution >= 0.6 is 0 Å². The molecule has 1 unspecified atom stereocenters. The van der Waals surface area contributed by atoms with Crippen molar-refractivity contribution >= 4 is 29.0 Å². The molecule has 0 saturated heterocycles. The molecule has 6 nitrogen and oxygen atoms in total. The van der Waals surface area contributed by atoms with Gasteiger partial charge in [0.05, 0.1) is 17.4 Å². The molecule has 3 aromatic rings. The first kappa shape index (κ1) is 20.1. The average molecular weight is 411 g/mol. The van der Waals surface area contributed by atoms with Gasteiger partial charge in [-0.05, 0) is 35.4 Å². The molecule has 0 saturated carbocycles. The maximum atomic E-state index is 11.8. The molecule has 0 spiro atoms. The molecule has 3 aromatic carbocycles. The number of carboxylic acids is 1. The van der Waals surface area contributed by atoms with E-state index in [9.17, 15) is 9.59 Å². The van der Waals surface area contributed by atoms with Gasteiger partial charge in [0.1, 0.15) is 0 Å². The van der Waals surface area contributed by atoms with E-state index in [1.165, 1.54) is 0 Å². The smallest absolute Gasteiger partial charge is 0.328 e. The van der Waals surface area contributed by atoms with Gasteiger partial charge in [0.25, 0.3) is 0 Å². The second kappa shape index (κ2) is 9.09. The van der Waals surface area contributed by atoms with E-state index in [1.807, 2.05) is 77.8 Å². The Morgan fingerprint density at radius 1 is 0.903 bits per heavy atom. The van der Waals surface area contributed by atoms with Crippen molar-refractivity contribution in [2.24, 2.45) is 5.10 Å². The molecule has 0 radical (unpaired) electrons. The van der Waals surface area contributed by atoms with Gasteiger partial charge in [0.15, 0.2) is 0 Å². The summed E-state index contributed by atoms with van der Waals surface area (Å²) in [6.45, 7) is 0. The standard InChI is InChI=1S/C25H21N3O3/c29-24(15-16-25(30)31)26-20-13-11-19(12-14-20)23-17-22(18-7-3-1-4-8-18)27-28(23)21-9-5-2-6-10-21/h1-16,23H,17H2,(H,26,29)(H,30,31)/b16-15+. The highest BCUT2D eigenvalue weighted by Gasteiger charge is 2.29. The van der Waals surface area contributed by atoms with E-state index >= 15 is 0 Å². The van der Waals surface area contributed by atoms with E-state index in [2.05, 4.69) is 17.4 Å². The van der Waals surface area contributed by atoms with Gasteiger partial charge in [0, 0.05) is 24.3 Å². The molecule has 0 aromatic heterocycles. The minimum Gasteiger partial charge on any atom is -0.478 e. The second-order valence-electron chi connectivity index (χ2n) is 7.10. The number of benzene rings is 3. The van der Waals surface area contributed by atoms with E-state index in [0.717, 1.165) is 41.1 Å². The van der Waals surface area contributed by atoms with Gasteiger partial charge in [-0.3, -0.25) is 9.80 Å². The van der Waals surface area contributed by atoms with Crippen molar-refractivity contribution in [2.75, 3.05) is 10.3 Å². The maximum Gasteiger partial charge on any atom is 0.328 e. The number of aliphatic carboxylic acids is 1. The summed E-state index contributed by atoms with van der Waals surface area (Å²) in [6.07, 6.45) is 2.55. The van der Waals surface area contributed by atoms with E-state index in [4.69, 9.17) is 10.2 Å². The van der Waals surface area contributed by atoms with E-state index in [0.29, 0.717) is 5.69 Å². The van der Waals surface area contributed by atoms with Crippen LogP contribution in [0.2, 0.25) is 0 Å². The summed E-state index contributed by atoms with van der Waals surface area (Å²) in [7, 11) is 0. The minimum atomic E-state index is -1.16. The lowest BCUT2D eigenvalue weighted by Gasteiger charge is -2.24. The van der Waals surface area contributed by atoms with Crippen LogP contribution in [0, 0.1) is 0 Å². The monoisotopic (exact) mass is 411 g/mol. The summed E-state index contributed by atoms with van der Waals surface area (Å²) in [4.78, 5) is 22.3. The fourth-order valence-corrected chi connectivity index (χ4v) is 3.51. The molecule has 1 aliphatic rings. The van der Waals surface area contributed by atoms with E-state index < -0.39 is 11.9 Å². The Labute approximate surface area is 180 Å². The molecule has 154 valence electrons. The lowest BCUT2D eigenvalue weighted by Crippen LogP contribution is -2.18. The van der Waals surface area contributed by atoms with E-state index in [-0.39, 0.29) is 6.04 Å². The molecule has 1 amide bonds. The number of nitrogens with zero attached hydrogens (tertiary/aromatic N) is 2. The number of nitrogens with one attached hydrogen (secondary N) is 1. The predicted molar refractivity (Wildman–Crippen MR) is 121 cm³/mol. The first-order chi connectivity index (χ1) is 15.1. The van der Waals surface area contributed by atoms with Crippen LogP contribution in [0.25, 0.3) is 0 Å². The third-order valence-corrected chi connectivity index (χ3v) is 4.98. The van der Waals surface area contributed by atoms with Gasteiger partial charge in [-0.2, -0.15) is 5.10 Å². The third kappa shape index (κ3) is 4.87. The fraction of sp³-hybridized carbons (Fsp3) is 0.0800. The lowest BCUT2D eigenvalue weighted by molar-refractivity contribution is -0.131. The van der Waals surface area contributed by atoms with Gasteiger partial charge < -0.3 is 10.4 Å². The number of carbonyl (C=O) groups excluding carboxylic acids is 1. The minimum absolute atomic E-state index is 0.0225. The summed E-state index contributed by atoms with van der Waals surface area (Å²) in [5.41, 5.74) is 4.79. The van der Waals surface area contributed by atoms with Gasteiger partial charge in [-0.1, -0.05) is 60.7 Å². The molecule has 4 rings (SSSR count). The Balaban J connectivity index is 1.57. The van der Waals surface area contributed by atoms with Crippen LogP contribution < -0.4 is 10.3 Å². The summed E-state index contributed by atoms with van der Waals surface area (Å²) in [6, 6.07) is 27.7. The normalized spacial score (nSPS) is 15.7. The highest BCUT2D eigenvalue weighted by atomic mass is 16.4. The van der Waals surface area contributed by atoms with Crippen molar-refractivity contribution in [2.45, 2.75) is 12.5 Å². The number of carbonyl (C=O) groups is 2. The number of para-hydroxylation sites is 1. The van der Waals surface area contributed by atoms with Crippen LogP contribution in [0.1, 0.15) is 23.6 Å².